The number of para-hydroxylation sites is 1. The summed E-state index contributed by atoms with van der Waals surface area (Å²) in [5.74, 6) is -1.30. The Labute approximate surface area is 149 Å². The highest BCUT2D eigenvalue weighted by atomic mass is 16.5. The number of esters is 1. The van der Waals surface area contributed by atoms with Crippen LogP contribution in [0.1, 0.15) is 31.7 Å². The minimum atomic E-state index is -1.63. The summed E-state index contributed by atoms with van der Waals surface area (Å²) in [5.41, 5.74) is 5.57. The quantitative estimate of drug-likeness (QED) is 0.782. The molecule has 0 fully saturated rings. The van der Waals surface area contributed by atoms with E-state index >= 15 is 0 Å². The summed E-state index contributed by atoms with van der Waals surface area (Å²) < 4.78 is 10.8. The Balaban J connectivity index is 2.07. The molecule has 1 amide bonds. The molecule has 0 unspecified atom stereocenters. The molecular weight excluding hydrogens is 336 g/mol. The molecule has 1 aromatic carbocycles. The zero-order chi connectivity index (χ0) is 18.5. The molecule has 2 aliphatic heterocycles. The van der Waals surface area contributed by atoms with E-state index in [0.29, 0.717) is 29.9 Å². The number of nitrogens with one attached hydrogen (secondary N) is 1. The van der Waals surface area contributed by atoms with E-state index in [2.05, 4.69) is 5.32 Å². The summed E-state index contributed by atoms with van der Waals surface area (Å²) in [6.45, 7) is 1.76. The highest BCUT2D eigenvalue weighted by Crippen LogP contribution is 2.54. The van der Waals surface area contributed by atoms with Gasteiger partial charge in [-0.15, -0.1) is 0 Å². The Hall–Kier alpha value is -3.09. The number of fused-ring (bicyclic) bond motifs is 3. The second-order valence-electron chi connectivity index (χ2n) is 6.39. The van der Waals surface area contributed by atoms with Crippen molar-refractivity contribution in [2.24, 2.45) is 5.73 Å². The number of ketones is 1. The summed E-state index contributed by atoms with van der Waals surface area (Å²) in [4.78, 5) is 38.8. The lowest BCUT2D eigenvalue weighted by atomic mass is 9.65. The number of Topliss-reactive ketones (excluding diaryl/α,β-unsaturated/α-hetero) is 1. The van der Waals surface area contributed by atoms with E-state index in [0.717, 1.165) is 0 Å². The fourth-order valence-corrected chi connectivity index (χ4v) is 4.04. The van der Waals surface area contributed by atoms with Gasteiger partial charge in [0.05, 0.1) is 12.2 Å². The number of hydrogen-bond acceptors (Lipinski definition) is 6. The fraction of sp³-hybridized carbons (Fsp3) is 0.316. The molecule has 0 aromatic heterocycles. The van der Waals surface area contributed by atoms with Gasteiger partial charge in [0.2, 0.25) is 11.8 Å². The van der Waals surface area contributed by atoms with Crippen LogP contribution >= 0.6 is 0 Å². The van der Waals surface area contributed by atoms with Gasteiger partial charge in [-0.05, 0) is 19.4 Å². The van der Waals surface area contributed by atoms with Crippen molar-refractivity contribution in [3.63, 3.8) is 0 Å². The lowest BCUT2D eigenvalue weighted by molar-refractivity contribution is -0.141. The van der Waals surface area contributed by atoms with Gasteiger partial charge in [0.1, 0.15) is 16.7 Å². The topological polar surface area (TPSA) is 108 Å². The van der Waals surface area contributed by atoms with Gasteiger partial charge >= 0.3 is 5.97 Å². The van der Waals surface area contributed by atoms with E-state index in [1.807, 2.05) is 0 Å². The Bertz CT molecular complexity index is 914. The lowest BCUT2D eigenvalue weighted by Gasteiger charge is -2.38. The highest BCUT2D eigenvalue weighted by Gasteiger charge is 2.61. The zero-order valence-corrected chi connectivity index (χ0v) is 14.3. The number of carbonyl (C=O) groups excluding carboxylic acids is 3. The van der Waals surface area contributed by atoms with Crippen LogP contribution in [0.3, 0.4) is 0 Å². The van der Waals surface area contributed by atoms with Gasteiger partial charge < -0.3 is 20.5 Å². The SMILES string of the molecule is CCOC(=O)C1=C(N)OC2=C(C(=O)CCC2)[C@@]12C(=O)Nc1ccccc12. The molecule has 4 rings (SSSR count). The molecule has 0 saturated carbocycles. The third kappa shape index (κ3) is 1.97. The maximum absolute atomic E-state index is 13.2. The summed E-state index contributed by atoms with van der Waals surface area (Å²) in [7, 11) is 0. The summed E-state index contributed by atoms with van der Waals surface area (Å²) in [5, 5.41) is 2.78. The van der Waals surface area contributed by atoms with Crippen molar-refractivity contribution in [3.05, 3.63) is 52.6 Å². The predicted molar refractivity (Wildman–Crippen MR) is 91.6 cm³/mol. The Morgan fingerprint density at radius 3 is 2.85 bits per heavy atom. The minimum Gasteiger partial charge on any atom is -0.462 e. The number of benzene rings is 1. The average Bonchev–Trinajstić information content (AvgIpc) is 2.88. The van der Waals surface area contributed by atoms with Crippen molar-refractivity contribution in [1.82, 2.24) is 0 Å². The molecule has 1 atom stereocenters. The largest absolute Gasteiger partial charge is 0.462 e. The molecule has 0 radical (unpaired) electrons. The minimum absolute atomic E-state index is 0.106. The fourth-order valence-electron chi connectivity index (χ4n) is 4.04. The molecule has 134 valence electrons. The van der Waals surface area contributed by atoms with Crippen LogP contribution in [0.5, 0.6) is 0 Å². The van der Waals surface area contributed by atoms with Gasteiger partial charge in [-0.1, -0.05) is 18.2 Å². The van der Waals surface area contributed by atoms with Gasteiger partial charge in [-0.25, -0.2) is 4.79 Å². The molecule has 0 bridgehead atoms. The average molecular weight is 354 g/mol. The first-order chi connectivity index (χ1) is 12.5. The molecule has 2 heterocycles. The number of allylic oxidation sites excluding steroid dienone is 1. The van der Waals surface area contributed by atoms with Crippen LogP contribution in [0, 0.1) is 0 Å². The molecule has 7 heteroatoms. The van der Waals surface area contributed by atoms with Crippen molar-refractivity contribution in [2.45, 2.75) is 31.6 Å². The van der Waals surface area contributed by atoms with Crippen LogP contribution in [-0.2, 0) is 29.3 Å². The van der Waals surface area contributed by atoms with E-state index in [-0.39, 0.29) is 35.8 Å². The first kappa shape index (κ1) is 16.4. The standard InChI is InChI=1S/C19H18N2O5/c1-2-25-17(23)15-16(20)26-13-9-5-8-12(22)14(13)19(15)10-6-3-4-7-11(10)21-18(19)24/h3-4,6-7H,2,5,8-9,20H2,1H3,(H,21,24)/t19-/m1/s1. The number of ether oxygens (including phenoxy) is 2. The molecular formula is C19H18N2O5. The summed E-state index contributed by atoms with van der Waals surface area (Å²) in [6.07, 6.45) is 1.38. The third-order valence-electron chi connectivity index (χ3n) is 4.99. The van der Waals surface area contributed by atoms with Crippen molar-refractivity contribution < 1.29 is 23.9 Å². The second-order valence-corrected chi connectivity index (χ2v) is 6.39. The van der Waals surface area contributed by atoms with Crippen LogP contribution < -0.4 is 11.1 Å². The molecule has 0 saturated heterocycles. The summed E-state index contributed by atoms with van der Waals surface area (Å²) >= 11 is 0. The normalized spacial score (nSPS) is 24.2. The van der Waals surface area contributed by atoms with Crippen LogP contribution in [-0.4, -0.2) is 24.3 Å². The van der Waals surface area contributed by atoms with Crippen LogP contribution in [0.25, 0.3) is 0 Å². The number of amides is 1. The van der Waals surface area contributed by atoms with E-state index < -0.39 is 17.3 Å². The number of hydrogen-bond donors (Lipinski definition) is 2. The predicted octanol–water partition coefficient (Wildman–Crippen LogP) is 1.65. The Morgan fingerprint density at radius 1 is 1.31 bits per heavy atom. The Morgan fingerprint density at radius 2 is 2.08 bits per heavy atom. The molecule has 3 N–H and O–H groups in total. The number of rotatable bonds is 2. The number of carbonyl (C=O) groups is 3. The van der Waals surface area contributed by atoms with Crippen molar-refractivity contribution in [3.8, 4) is 0 Å². The smallest absolute Gasteiger partial charge is 0.341 e. The van der Waals surface area contributed by atoms with Crippen molar-refractivity contribution >= 4 is 23.3 Å². The van der Waals surface area contributed by atoms with Crippen LogP contribution in [0.2, 0.25) is 0 Å². The van der Waals surface area contributed by atoms with Gasteiger partial charge in [0.15, 0.2) is 5.78 Å². The third-order valence-corrected chi connectivity index (χ3v) is 4.99. The van der Waals surface area contributed by atoms with E-state index in [4.69, 9.17) is 15.2 Å². The van der Waals surface area contributed by atoms with E-state index in [9.17, 15) is 14.4 Å². The molecule has 1 aliphatic carbocycles. The maximum Gasteiger partial charge on any atom is 0.341 e. The lowest BCUT2D eigenvalue weighted by Crippen LogP contribution is -2.49. The first-order valence-electron chi connectivity index (χ1n) is 8.54. The molecule has 1 aromatic rings. The van der Waals surface area contributed by atoms with Crippen LogP contribution in [0.4, 0.5) is 5.69 Å². The van der Waals surface area contributed by atoms with Gasteiger partial charge in [-0.2, -0.15) is 0 Å². The van der Waals surface area contributed by atoms with E-state index in [1.165, 1.54) is 0 Å². The second kappa shape index (κ2) is 5.72. The number of anilines is 1. The van der Waals surface area contributed by atoms with E-state index in [1.54, 1.807) is 31.2 Å². The highest BCUT2D eigenvalue weighted by molar-refractivity contribution is 6.22. The first-order valence-corrected chi connectivity index (χ1v) is 8.54. The maximum atomic E-state index is 13.2. The Kier molecular flexibility index (Phi) is 3.61. The van der Waals surface area contributed by atoms with Gasteiger partial charge in [0.25, 0.3) is 0 Å². The monoisotopic (exact) mass is 354 g/mol. The molecule has 1 spiro atoms. The van der Waals surface area contributed by atoms with Gasteiger partial charge in [-0.3, -0.25) is 9.59 Å². The number of nitrogens with two attached hydrogens (primary N) is 1. The molecule has 26 heavy (non-hydrogen) atoms. The van der Waals surface area contributed by atoms with Crippen LogP contribution in [0.15, 0.2) is 47.1 Å². The zero-order valence-electron chi connectivity index (χ0n) is 14.3. The molecule has 7 nitrogen and oxygen atoms in total. The van der Waals surface area contributed by atoms with Gasteiger partial charge in [0, 0.05) is 24.1 Å². The summed E-state index contributed by atoms with van der Waals surface area (Å²) in [6, 6.07) is 6.97. The van der Waals surface area contributed by atoms with Crippen molar-refractivity contribution in [2.75, 3.05) is 11.9 Å². The van der Waals surface area contributed by atoms with Crippen molar-refractivity contribution in [1.29, 1.82) is 0 Å². The molecule has 3 aliphatic rings.